The molecular weight excluding hydrogens is 443 g/mol. The van der Waals surface area contributed by atoms with Crippen LogP contribution < -0.4 is 10.9 Å². The topological polar surface area (TPSA) is 73.2 Å². The molecule has 0 fully saturated rings. The molecule has 158 valence electrons. The molecule has 1 amide bonds. The summed E-state index contributed by atoms with van der Waals surface area (Å²) in [4.78, 5) is 29.4. The van der Waals surface area contributed by atoms with E-state index in [-0.39, 0.29) is 29.6 Å². The molecule has 0 aliphatic rings. The molecule has 0 aliphatic carbocycles. The highest BCUT2D eigenvalue weighted by Gasteiger charge is 2.17. The molecule has 1 aromatic heterocycles. The van der Waals surface area contributed by atoms with E-state index in [4.69, 9.17) is 16.3 Å². The fraction of sp³-hybridized carbons (Fsp3) is 0.211. The van der Waals surface area contributed by atoms with Gasteiger partial charge in [0, 0.05) is 12.1 Å². The third-order valence-corrected chi connectivity index (χ3v) is 5.25. The van der Waals surface area contributed by atoms with Crippen molar-refractivity contribution in [2.24, 2.45) is 0 Å². The first-order chi connectivity index (χ1) is 14.3. The van der Waals surface area contributed by atoms with Crippen molar-refractivity contribution in [2.75, 3.05) is 24.8 Å². The van der Waals surface area contributed by atoms with Crippen LogP contribution in [0.25, 0.3) is 10.9 Å². The van der Waals surface area contributed by atoms with Gasteiger partial charge in [0.25, 0.3) is 5.56 Å². The summed E-state index contributed by atoms with van der Waals surface area (Å²) < 4.78 is 46.4. The van der Waals surface area contributed by atoms with Gasteiger partial charge in [-0.25, -0.2) is 18.2 Å². The smallest absolute Gasteiger partial charge is 0.262 e. The van der Waals surface area contributed by atoms with Crippen molar-refractivity contribution in [3.05, 3.63) is 63.2 Å². The minimum absolute atomic E-state index is 0.197. The van der Waals surface area contributed by atoms with E-state index in [1.165, 1.54) is 17.7 Å². The summed E-state index contributed by atoms with van der Waals surface area (Å²) in [6.45, 7) is 0.434. The Hall–Kier alpha value is -2.56. The predicted octanol–water partition coefficient (Wildman–Crippen LogP) is 3.84. The number of carbonyl (C=O) groups is 1. The maximum atomic E-state index is 13.7. The van der Waals surface area contributed by atoms with Crippen LogP contribution in [-0.2, 0) is 16.1 Å². The van der Waals surface area contributed by atoms with Gasteiger partial charge in [0.1, 0.15) is 0 Å². The standard InChI is InChI=1S/C19H15ClF3N3O3S/c1-29-7-6-26-18(28)11-3-2-10(20)8-14(11)25-19(26)30-9-15(27)24-13-5-4-12(21)16(22)17(13)23/h2-5,8H,6-7,9H2,1H3,(H,24,27). The van der Waals surface area contributed by atoms with Crippen molar-refractivity contribution in [3.63, 3.8) is 0 Å². The van der Waals surface area contributed by atoms with Crippen LogP contribution in [0.1, 0.15) is 0 Å². The first kappa shape index (κ1) is 22.1. The number of methoxy groups -OCH3 is 1. The number of nitrogens with zero attached hydrogens (tertiary/aromatic N) is 2. The largest absolute Gasteiger partial charge is 0.383 e. The molecule has 0 aliphatic heterocycles. The lowest BCUT2D eigenvalue weighted by molar-refractivity contribution is -0.113. The Bertz CT molecular complexity index is 1170. The van der Waals surface area contributed by atoms with Gasteiger partial charge in [-0.2, -0.15) is 0 Å². The van der Waals surface area contributed by atoms with E-state index >= 15 is 0 Å². The predicted molar refractivity (Wildman–Crippen MR) is 109 cm³/mol. The summed E-state index contributed by atoms with van der Waals surface area (Å²) in [6.07, 6.45) is 0. The third-order valence-electron chi connectivity index (χ3n) is 4.04. The number of fused-ring (bicyclic) bond motifs is 1. The fourth-order valence-electron chi connectivity index (χ4n) is 2.60. The number of halogens is 4. The minimum atomic E-state index is -1.68. The Morgan fingerprint density at radius 3 is 2.73 bits per heavy atom. The first-order valence-electron chi connectivity index (χ1n) is 8.57. The summed E-state index contributed by atoms with van der Waals surface area (Å²) in [7, 11) is 1.48. The van der Waals surface area contributed by atoms with Gasteiger partial charge >= 0.3 is 0 Å². The molecule has 0 unspecified atom stereocenters. The van der Waals surface area contributed by atoms with E-state index in [1.807, 2.05) is 0 Å². The lowest BCUT2D eigenvalue weighted by Crippen LogP contribution is -2.26. The number of carbonyl (C=O) groups excluding carboxylic acids is 1. The van der Waals surface area contributed by atoms with Crippen molar-refractivity contribution in [2.45, 2.75) is 11.7 Å². The summed E-state index contributed by atoms with van der Waals surface area (Å²) in [5.74, 6) is -5.49. The molecule has 0 atom stereocenters. The van der Waals surface area contributed by atoms with Gasteiger partial charge in [0.2, 0.25) is 5.91 Å². The lowest BCUT2D eigenvalue weighted by atomic mass is 10.2. The van der Waals surface area contributed by atoms with Crippen LogP contribution in [0.4, 0.5) is 18.9 Å². The van der Waals surface area contributed by atoms with E-state index < -0.39 is 29.0 Å². The van der Waals surface area contributed by atoms with Crippen LogP contribution in [0, 0.1) is 17.5 Å². The molecule has 0 radical (unpaired) electrons. The third kappa shape index (κ3) is 4.77. The number of ether oxygens (including phenoxy) is 1. The Kier molecular flexibility index (Phi) is 7.01. The molecule has 0 saturated carbocycles. The zero-order chi connectivity index (χ0) is 21.8. The van der Waals surface area contributed by atoms with Crippen molar-refractivity contribution >= 4 is 45.9 Å². The molecular formula is C19H15ClF3N3O3S. The van der Waals surface area contributed by atoms with Crippen LogP contribution in [0.5, 0.6) is 0 Å². The molecule has 11 heteroatoms. The summed E-state index contributed by atoms with van der Waals surface area (Å²) in [6, 6.07) is 6.28. The molecule has 6 nitrogen and oxygen atoms in total. The van der Waals surface area contributed by atoms with Crippen molar-refractivity contribution in [3.8, 4) is 0 Å². The summed E-state index contributed by atoms with van der Waals surface area (Å²) in [5, 5.41) is 3.15. The quantitative estimate of drug-likeness (QED) is 0.331. The van der Waals surface area contributed by atoms with Gasteiger partial charge in [-0.15, -0.1) is 0 Å². The minimum Gasteiger partial charge on any atom is -0.383 e. The maximum Gasteiger partial charge on any atom is 0.262 e. The fourth-order valence-corrected chi connectivity index (χ4v) is 3.59. The number of nitrogens with one attached hydrogen (secondary N) is 1. The number of hydrogen-bond donors (Lipinski definition) is 1. The second-order valence-corrected chi connectivity index (χ2v) is 7.44. The van der Waals surface area contributed by atoms with Crippen LogP contribution in [-0.4, -0.2) is 34.9 Å². The van der Waals surface area contributed by atoms with Gasteiger partial charge in [-0.1, -0.05) is 23.4 Å². The highest BCUT2D eigenvalue weighted by atomic mass is 35.5. The molecule has 0 saturated heterocycles. The Morgan fingerprint density at radius 1 is 1.23 bits per heavy atom. The number of rotatable bonds is 7. The number of benzene rings is 2. The van der Waals surface area contributed by atoms with E-state index in [2.05, 4.69) is 10.3 Å². The molecule has 0 bridgehead atoms. The van der Waals surface area contributed by atoms with Crippen LogP contribution >= 0.6 is 23.4 Å². The second-order valence-electron chi connectivity index (χ2n) is 6.07. The van der Waals surface area contributed by atoms with Crippen molar-refractivity contribution in [1.82, 2.24) is 9.55 Å². The summed E-state index contributed by atoms with van der Waals surface area (Å²) in [5.41, 5.74) is -0.464. The van der Waals surface area contributed by atoms with Crippen molar-refractivity contribution in [1.29, 1.82) is 0 Å². The number of hydrogen-bond acceptors (Lipinski definition) is 5. The molecule has 1 heterocycles. The maximum absolute atomic E-state index is 13.7. The monoisotopic (exact) mass is 457 g/mol. The average Bonchev–Trinajstić information content (AvgIpc) is 2.72. The van der Waals surface area contributed by atoms with E-state index in [9.17, 15) is 22.8 Å². The van der Waals surface area contributed by atoms with Crippen LogP contribution in [0.2, 0.25) is 5.02 Å². The highest BCUT2D eigenvalue weighted by Crippen LogP contribution is 2.22. The van der Waals surface area contributed by atoms with E-state index in [1.54, 1.807) is 12.1 Å². The average molecular weight is 458 g/mol. The van der Waals surface area contributed by atoms with Crippen LogP contribution in [0.15, 0.2) is 40.3 Å². The molecule has 30 heavy (non-hydrogen) atoms. The number of aromatic nitrogens is 2. The van der Waals surface area contributed by atoms with E-state index in [0.29, 0.717) is 22.0 Å². The lowest BCUT2D eigenvalue weighted by Gasteiger charge is -2.13. The van der Waals surface area contributed by atoms with Crippen LogP contribution in [0.3, 0.4) is 0 Å². The summed E-state index contributed by atoms with van der Waals surface area (Å²) >= 11 is 6.89. The Morgan fingerprint density at radius 2 is 2.00 bits per heavy atom. The SMILES string of the molecule is COCCn1c(SCC(=O)Nc2ccc(F)c(F)c2F)nc2cc(Cl)ccc2c1=O. The zero-order valence-electron chi connectivity index (χ0n) is 15.5. The molecule has 2 aromatic carbocycles. The molecule has 3 aromatic rings. The highest BCUT2D eigenvalue weighted by molar-refractivity contribution is 7.99. The van der Waals surface area contributed by atoms with Gasteiger partial charge in [-0.05, 0) is 30.3 Å². The number of thioether (sulfide) groups is 1. The number of anilines is 1. The molecule has 0 spiro atoms. The zero-order valence-corrected chi connectivity index (χ0v) is 17.1. The Labute approximate surface area is 178 Å². The van der Waals surface area contributed by atoms with E-state index in [0.717, 1.165) is 17.8 Å². The van der Waals surface area contributed by atoms with Gasteiger partial charge < -0.3 is 10.1 Å². The van der Waals surface area contributed by atoms with Gasteiger partial charge in [0.05, 0.1) is 35.5 Å². The molecule has 1 N–H and O–H groups in total. The van der Waals surface area contributed by atoms with Crippen molar-refractivity contribution < 1.29 is 22.7 Å². The second kappa shape index (κ2) is 9.50. The number of amides is 1. The molecule has 3 rings (SSSR count). The van der Waals surface area contributed by atoms with Gasteiger partial charge in [-0.3, -0.25) is 14.2 Å². The van der Waals surface area contributed by atoms with Gasteiger partial charge in [0.15, 0.2) is 22.6 Å². The first-order valence-corrected chi connectivity index (χ1v) is 9.93. The normalized spacial score (nSPS) is 11.1. The Balaban J connectivity index is 1.84.